The Hall–Kier alpha value is -1.37. The minimum Gasteiger partial charge on any atom is -0.365 e. The number of methoxy groups -OCH3 is 1. The number of anilines is 1. The van der Waals surface area contributed by atoms with E-state index in [1.807, 2.05) is 0 Å². The number of hydrogen-bond acceptors (Lipinski definition) is 4. The summed E-state index contributed by atoms with van der Waals surface area (Å²) in [6, 6.07) is 1.79. The maximum Gasteiger partial charge on any atom is 0.420 e. The summed E-state index contributed by atoms with van der Waals surface area (Å²) in [7, 11) is 1.10. The van der Waals surface area contributed by atoms with Gasteiger partial charge in [-0.3, -0.25) is 0 Å². The Balaban J connectivity index is 1.74. The van der Waals surface area contributed by atoms with Gasteiger partial charge in [-0.1, -0.05) is 0 Å². The molecule has 0 bridgehead atoms. The standard InChI is InChI=1S/C12H14F3N3O/c1-19-11(12(13,14)15)5-18(6-11)10-4-9(8-2-3-8)16-7-17-10/h4,7-8H,2-3,5-6H2,1H3. The van der Waals surface area contributed by atoms with Gasteiger partial charge < -0.3 is 9.64 Å². The molecule has 104 valence electrons. The summed E-state index contributed by atoms with van der Waals surface area (Å²) < 4.78 is 43.3. The van der Waals surface area contributed by atoms with Gasteiger partial charge in [0, 0.05) is 24.8 Å². The fourth-order valence-corrected chi connectivity index (χ4v) is 2.29. The molecular weight excluding hydrogens is 259 g/mol. The zero-order chi connectivity index (χ0) is 13.7. The van der Waals surface area contributed by atoms with Crippen LogP contribution in [0.3, 0.4) is 0 Å². The first kappa shape index (κ1) is 12.7. The monoisotopic (exact) mass is 273 g/mol. The molecule has 1 aromatic heterocycles. The van der Waals surface area contributed by atoms with Crippen molar-refractivity contribution in [2.75, 3.05) is 25.1 Å². The molecule has 0 amide bonds. The third-order valence-corrected chi connectivity index (χ3v) is 3.79. The van der Waals surface area contributed by atoms with Crippen LogP contribution in [0.2, 0.25) is 0 Å². The van der Waals surface area contributed by atoms with Gasteiger partial charge in [0.05, 0.1) is 13.1 Å². The van der Waals surface area contributed by atoms with Crippen LogP contribution < -0.4 is 4.90 Å². The lowest BCUT2D eigenvalue weighted by Crippen LogP contribution is -2.70. The normalized spacial score (nSPS) is 22.2. The molecule has 1 aromatic rings. The van der Waals surface area contributed by atoms with Crippen LogP contribution in [0.5, 0.6) is 0 Å². The summed E-state index contributed by atoms with van der Waals surface area (Å²) >= 11 is 0. The van der Waals surface area contributed by atoms with Crippen molar-refractivity contribution in [1.82, 2.24) is 9.97 Å². The third-order valence-electron chi connectivity index (χ3n) is 3.79. The number of ether oxygens (including phenoxy) is 1. The smallest absolute Gasteiger partial charge is 0.365 e. The van der Waals surface area contributed by atoms with E-state index >= 15 is 0 Å². The van der Waals surface area contributed by atoms with Crippen LogP contribution in [0, 0.1) is 0 Å². The van der Waals surface area contributed by atoms with Crippen LogP contribution in [-0.4, -0.2) is 41.9 Å². The SMILES string of the molecule is COC1(C(F)(F)F)CN(c2cc(C3CC3)ncn2)C1. The molecule has 0 spiro atoms. The van der Waals surface area contributed by atoms with Crippen LogP contribution in [-0.2, 0) is 4.74 Å². The van der Waals surface area contributed by atoms with Crippen molar-refractivity contribution in [3.63, 3.8) is 0 Å². The highest BCUT2D eigenvalue weighted by Gasteiger charge is 2.63. The molecular formula is C12H14F3N3O. The van der Waals surface area contributed by atoms with Gasteiger partial charge >= 0.3 is 6.18 Å². The second kappa shape index (κ2) is 4.06. The highest BCUT2D eigenvalue weighted by atomic mass is 19.4. The minimum absolute atomic E-state index is 0.214. The average molecular weight is 273 g/mol. The van der Waals surface area contributed by atoms with Gasteiger partial charge in [-0.05, 0) is 12.8 Å². The molecule has 19 heavy (non-hydrogen) atoms. The fraction of sp³-hybridized carbons (Fsp3) is 0.667. The van der Waals surface area contributed by atoms with Crippen molar-refractivity contribution in [3.8, 4) is 0 Å². The van der Waals surface area contributed by atoms with E-state index in [9.17, 15) is 13.2 Å². The summed E-state index contributed by atoms with van der Waals surface area (Å²) in [5.74, 6) is 1.01. The molecule has 0 N–H and O–H groups in total. The van der Waals surface area contributed by atoms with Crippen molar-refractivity contribution >= 4 is 5.82 Å². The minimum atomic E-state index is -4.36. The molecule has 1 saturated heterocycles. The molecule has 2 fully saturated rings. The summed E-state index contributed by atoms with van der Waals surface area (Å²) in [5, 5.41) is 0. The Morgan fingerprint density at radius 2 is 2.00 bits per heavy atom. The van der Waals surface area contributed by atoms with Crippen molar-refractivity contribution in [3.05, 3.63) is 18.1 Å². The molecule has 1 aliphatic carbocycles. The van der Waals surface area contributed by atoms with E-state index in [1.54, 1.807) is 11.0 Å². The molecule has 0 unspecified atom stereocenters. The predicted molar refractivity (Wildman–Crippen MR) is 62.0 cm³/mol. The van der Waals surface area contributed by atoms with Crippen LogP contribution in [0.25, 0.3) is 0 Å². The summed E-state index contributed by atoms with van der Waals surface area (Å²) in [4.78, 5) is 9.78. The second-order valence-electron chi connectivity index (χ2n) is 5.13. The number of halogens is 3. The van der Waals surface area contributed by atoms with E-state index in [0.717, 1.165) is 25.6 Å². The quantitative estimate of drug-likeness (QED) is 0.845. The van der Waals surface area contributed by atoms with Gasteiger partial charge in [0.15, 0.2) is 5.60 Å². The molecule has 2 heterocycles. The summed E-state index contributed by atoms with van der Waals surface area (Å²) in [6.45, 7) is -0.428. The van der Waals surface area contributed by atoms with Crippen molar-refractivity contribution < 1.29 is 17.9 Å². The van der Waals surface area contributed by atoms with Crippen molar-refractivity contribution in [2.45, 2.75) is 30.5 Å². The molecule has 1 saturated carbocycles. The fourth-order valence-electron chi connectivity index (χ4n) is 2.29. The molecule has 0 atom stereocenters. The lowest BCUT2D eigenvalue weighted by molar-refractivity contribution is -0.277. The first-order chi connectivity index (χ1) is 8.95. The van der Waals surface area contributed by atoms with Gasteiger partial charge in [-0.25, -0.2) is 9.97 Å². The van der Waals surface area contributed by atoms with Crippen LogP contribution in [0.1, 0.15) is 24.5 Å². The average Bonchev–Trinajstić information content (AvgIpc) is 3.10. The summed E-state index contributed by atoms with van der Waals surface area (Å²) in [5.41, 5.74) is -1.13. The molecule has 3 rings (SSSR count). The number of nitrogens with zero attached hydrogens (tertiary/aromatic N) is 3. The Kier molecular flexibility index (Phi) is 2.70. The predicted octanol–water partition coefficient (Wildman–Crippen LogP) is 2.12. The zero-order valence-electron chi connectivity index (χ0n) is 10.4. The molecule has 2 aliphatic rings. The largest absolute Gasteiger partial charge is 0.420 e. The molecule has 1 aliphatic heterocycles. The first-order valence-electron chi connectivity index (χ1n) is 6.14. The van der Waals surface area contributed by atoms with Crippen LogP contribution >= 0.6 is 0 Å². The molecule has 4 nitrogen and oxygen atoms in total. The maximum absolute atomic E-state index is 12.9. The van der Waals surface area contributed by atoms with Gasteiger partial charge in [-0.2, -0.15) is 13.2 Å². The van der Waals surface area contributed by atoms with E-state index in [0.29, 0.717) is 11.7 Å². The Labute approximate surface area is 108 Å². The van der Waals surface area contributed by atoms with E-state index in [1.165, 1.54) is 6.33 Å². The van der Waals surface area contributed by atoms with E-state index < -0.39 is 11.8 Å². The molecule has 0 aromatic carbocycles. The highest BCUT2D eigenvalue weighted by Crippen LogP contribution is 2.43. The maximum atomic E-state index is 12.9. The lowest BCUT2D eigenvalue weighted by atomic mass is 9.93. The number of rotatable bonds is 3. The van der Waals surface area contributed by atoms with Crippen LogP contribution in [0.4, 0.5) is 19.0 Å². The highest BCUT2D eigenvalue weighted by molar-refractivity contribution is 5.46. The Morgan fingerprint density at radius 1 is 1.32 bits per heavy atom. The number of alkyl halides is 3. The van der Waals surface area contributed by atoms with Crippen molar-refractivity contribution in [2.24, 2.45) is 0 Å². The van der Waals surface area contributed by atoms with Crippen molar-refractivity contribution in [1.29, 1.82) is 0 Å². The summed E-state index contributed by atoms with van der Waals surface area (Å²) in [6.07, 6.45) is -0.740. The van der Waals surface area contributed by atoms with E-state index in [2.05, 4.69) is 14.7 Å². The third kappa shape index (κ3) is 2.05. The van der Waals surface area contributed by atoms with Gasteiger partial charge in [0.1, 0.15) is 12.1 Å². The van der Waals surface area contributed by atoms with E-state index in [4.69, 9.17) is 0 Å². The number of hydrogen-bond donors (Lipinski definition) is 0. The number of aromatic nitrogens is 2. The zero-order valence-corrected chi connectivity index (χ0v) is 10.4. The Bertz CT molecular complexity index is 481. The lowest BCUT2D eigenvalue weighted by Gasteiger charge is -2.49. The first-order valence-corrected chi connectivity index (χ1v) is 6.14. The Morgan fingerprint density at radius 3 is 2.53 bits per heavy atom. The van der Waals surface area contributed by atoms with Gasteiger partial charge in [0.25, 0.3) is 0 Å². The topological polar surface area (TPSA) is 38.2 Å². The molecule has 7 heteroatoms. The molecule has 0 radical (unpaired) electrons. The van der Waals surface area contributed by atoms with Crippen LogP contribution in [0.15, 0.2) is 12.4 Å². The van der Waals surface area contributed by atoms with Gasteiger partial charge in [-0.15, -0.1) is 0 Å². The second-order valence-corrected chi connectivity index (χ2v) is 5.13. The van der Waals surface area contributed by atoms with Gasteiger partial charge in [0.2, 0.25) is 0 Å². The van der Waals surface area contributed by atoms with E-state index in [-0.39, 0.29) is 13.1 Å².